The number of aromatic nitrogens is 3. The van der Waals surface area contributed by atoms with Crippen LogP contribution < -0.4 is 20.7 Å². The molecule has 0 amide bonds. The normalized spacial score (nSPS) is 19.4. The monoisotopic (exact) mass is 457 g/mol. The summed E-state index contributed by atoms with van der Waals surface area (Å²) in [7, 11) is 1.45. The van der Waals surface area contributed by atoms with E-state index in [0.29, 0.717) is 35.5 Å². The highest BCUT2D eigenvalue weighted by Crippen LogP contribution is 2.25. The van der Waals surface area contributed by atoms with E-state index >= 15 is 0 Å². The summed E-state index contributed by atoms with van der Waals surface area (Å²) in [6, 6.07) is 5.19. The van der Waals surface area contributed by atoms with Crippen LogP contribution in [0, 0.1) is 11.7 Å². The standard InChI is InChI=1S/C24H36FN7O/c1-3-32-13-7-10-19(32)16-27-23-29-22(26-15-17-8-5-4-6-9-17)30-24(31-23)28-18-11-12-21(33-2)20(25)14-18/h11-12,14,17,19H,3-10,13,15-16H2,1-2H3,(H3,26,27,28,29,30,31)/t19-/m0/s1. The third kappa shape index (κ3) is 6.43. The molecule has 1 aromatic heterocycles. The van der Waals surface area contributed by atoms with Crippen LogP contribution >= 0.6 is 0 Å². The molecule has 1 atom stereocenters. The molecule has 9 heteroatoms. The summed E-state index contributed by atoms with van der Waals surface area (Å²) < 4.78 is 19.2. The molecule has 4 rings (SSSR count). The van der Waals surface area contributed by atoms with Crippen molar-refractivity contribution in [3.63, 3.8) is 0 Å². The molecule has 2 aliphatic rings. The summed E-state index contributed by atoms with van der Waals surface area (Å²) in [4.78, 5) is 16.2. The van der Waals surface area contributed by atoms with Gasteiger partial charge in [0.25, 0.3) is 0 Å². The first kappa shape index (κ1) is 23.5. The van der Waals surface area contributed by atoms with Gasteiger partial charge in [-0.15, -0.1) is 0 Å². The number of nitrogens with one attached hydrogen (secondary N) is 3. The third-order valence-corrected chi connectivity index (χ3v) is 6.72. The molecule has 2 heterocycles. The number of ether oxygens (including phenoxy) is 1. The van der Waals surface area contributed by atoms with Crippen molar-refractivity contribution in [2.45, 2.75) is 57.9 Å². The average molecular weight is 458 g/mol. The molecule has 0 spiro atoms. The highest BCUT2D eigenvalue weighted by molar-refractivity contribution is 5.57. The van der Waals surface area contributed by atoms with E-state index in [0.717, 1.165) is 26.2 Å². The number of benzene rings is 1. The van der Waals surface area contributed by atoms with Crippen molar-refractivity contribution >= 4 is 23.5 Å². The molecule has 0 bridgehead atoms. The molecule has 1 aliphatic heterocycles. The molecule has 2 aromatic rings. The van der Waals surface area contributed by atoms with Gasteiger partial charge < -0.3 is 20.7 Å². The van der Waals surface area contributed by atoms with Crippen molar-refractivity contribution in [3.05, 3.63) is 24.0 Å². The van der Waals surface area contributed by atoms with Crippen molar-refractivity contribution < 1.29 is 9.13 Å². The van der Waals surface area contributed by atoms with Crippen LogP contribution in [-0.4, -0.2) is 59.2 Å². The lowest BCUT2D eigenvalue weighted by atomic mass is 9.89. The van der Waals surface area contributed by atoms with Crippen molar-refractivity contribution in [2.75, 3.05) is 49.2 Å². The molecule has 1 saturated heterocycles. The van der Waals surface area contributed by atoms with Crippen molar-refractivity contribution in [1.82, 2.24) is 19.9 Å². The molecule has 0 radical (unpaired) electrons. The van der Waals surface area contributed by atoms with Crippen molar-refractivity contribution in [1.29, 1.82) is 0 Å². The summed E-state index contributed by atoms with van der Waals surface area (Å²) in [6.07, 6.45) is 8.81. The molecule has 2 fully saturated rings. The minimum absolute atomic E-state index is 0.199. The second-order valence-electron chi connectivity index (χ2n) is 8.97. The van der Waals surface area contributed by atoms with Gasteiger partial charge in [-0.25, -0.2) is 4.39 Å². The molecule has 0 unspecified atom stereocenters. The second-order valence-corrected chi connectivity index (χ2v) is 8.97. The largest absolute Gasteiger partial charge is 0.494 e. The number of anilines is 4. The first-order valence-electron chi connectivity index (χ1n) is 12.2. The van der Waals surface area contributed by atoms with E-state index < -0.39 is 5.82 Å². The smallest absolute Gasteiger partial charge is 0.233 e. The Labute approximate surface area is 195 Å². The fourth-order valence-electron chi connectivity index (χ4n) is 4.84. The van der Waals surface area contributed by atoms with E-state index in [1.807, 2.05) is 0 Å². The Morgan fingerprint density at radius 3 is 2.39 bits per heavy atom. The Balaban J connectivity index is 1.48. The Hall–Kier alpha value is -2.68. The van der Waals surface area contributed by atoms with E-state index in [9.17, 15) is 4.39 Å². The molecule has 180 valence electrons. The van der Waals surface area contributed by atoms with E-state index in [4.69, 9.17) is 4.74 Å². The van der Waals surface area contributed by atoms with Crippen LogP contribution in [0.1, 0.15) is 51.9 Å². The molecule has 1 aliphatic carbocycles. The first-order valence-corrected chi connectivity index (χ1v) is 12.2. The van der Waals surface area contributed by atoms with Crippen molar-refractivity contribution in [3.8, 4) is 5.75 Å². The lowest BCUT2D eigenvalue weighted by Crippen LogP contribution is -2.35. The minimum Gasteiger partial charge on any atom is -0.494 e. The van der Waals surface area contributed by atoms with Gasteiger partial charge in [0.2, 0.25) is 17.8 Å². The van der Waals surface area contributed by atoms with Gasteiger partial charge in [-0.1, -0.05) is 26.2 Å². The molecule has 1 aromatic carbocycles. The number of likely N-dealkylation sites (N-methyl/N-ethyl adjacent to an activating group) is 1. The summed E-state index contributed by atoms with van der Waals surface area (Å²) in [6.45, 7) is 6.03. The van der Waals surface area contributed by atoms with Gasteiger partial charge in [0, 0.05) is 30.9 Å². The number of rotatable bonds is 10. The minimum atomic E-state index is -0.438. The number of nitrogens with zero attached hydrogens (tertiary/aromatic N) is 4. The summed E-state index contributed by atoms with van der Waals surface area (Å²) in [5.74, 6) is 1.85. The Morgan fingerprint density at radius 1 is 0.970 bits per heavy atom. The third-order valence-electron chi connectivity index (χ3n) is 6.72. The molecular formula is C24H36FN7O. The molecule has 8 nitrogen and oxygen atoms in total. The van der Waals surface area contributed by atoms with Crippen LogP contribution in [0.25, 0.3) is 0 Å². The van der Waals surface area contributed by atoms with Gasteiger partial charge in [-0.2, -0.15) is 15.0 Å². The number of hydrogen-bond acceptors (Lipinski definition) is 8. The van der Waals surface area contributed by atoms with E-state index in [2.05, 4.69) is 42.7 Å². The number of methoxy groups -OCH3 is 1. The molecule has 1 saturated carbocycles. The van der Waals surface area contributed by atoms with Crippen LogP contribution in [0.3, 0.4) is 0 Å². The maximum atomic E-state index is 14.2. The van der Waals surface area contributed by atoms with E-state index in [1.54, 1.807) is 12.1 Å². The first-order chi connectivity index (χ1) is 16.1. The SMILES string of the molecule is CCN1CCC[C@H]1CNc1nc(NCC2CCCCC2)nc(Nc2ccc(OC)c(F)c2)n1. The van der Waals surface area contributed by atoms with Gasteiger partial charge in [-0.05, 0) is 56.8 Å². The molecule has 33 heavy (non-hydrogen) atoms. The number of likely N-dealkylation sites (tertiary alicyclic amines) is 1. The Bertz CT molecular complexity index is 906. The lowest BCUT2D eigenvalue weighted by molar-refractivity contribution is 0.277. The van der Waals surface area contributed by atoms with Crippen LogP contribution in [0.4, 0.5) is 27.9 Å². The zero-order valence-electron chi connectivity index (χ0n) is 19.7. The van der Waals surface area contributed by atoms with Gasteiger partial charge >= 0.3 is 0 Å². The zero-order valence-corrected chi connectivity index (χ0v) is 19.7. The van der Waals surface area contributed by atoms with Crippen LogP contribution in [-0.2, 0) is 0 Å². The van der Waals surface area contributed by atoms with E-state index in [1.165, 1.54) is 58.1 Å². The van der Waals surface area contributed by atoms with Gasteiger partial charge in [0.15, 0.2) is 11.6 Å². The fraction of sp³-hybridized carbons (Fsp3) is 0.625. The van der Waals surface area contributed by atoms with Crippen molar-refractivity contribution in [2.24, 2.45) is 5.92 Å². The predicted octanol–water partition coefficient (Wildman–Crippen LogP) is 4.65. The van der Waals surface area contributed by atoms with Gasteiger partial charge in [0.05, 0.1) is 7.11 Å². The predicted molar refractivity (Wildman–Crippen MR) is 130 cm³/mol. The topological polar surface area (TPSA) is 87.2 Å². The second kappa shape index (κ2) is 11.4. The summed E-state index contributed by atoms with van der Waals surface area (Å²) in [5.41, 5.74) is 0.552. The highest BCUT2D eigenvalue weighted by Gasteiger charge is 2.23. The van der Waals surface area contributed by atoms with Crippen LogP contribution in [0.2, 0.25) is 0 Å². The lowest BCUT2D eigenvalue weighted by Gasteiger charge is -2.23. The zero-order chi connectivity index (χ0) is 23.0. The highest BCUT2D eigenvalue weighted by atomic mass is 19.1. The number of halogens is 1. The van der Waals surface area contributed by atoms with Gasteiger partial charge in [-0.3, -0.25) is 4.90 Å². The molecular weight excluding hydrogens is 421 g/mol. The number of hydrogen-bond donors (Lipinski definition) is 3. The summed E-state index contributed by atoms with van der Waals surface area (Å²) in [5, 5.41) is 9.93. The average Bonchev–Trinajstić information content (AvgIpc) is 3.30. The van der Waals surface area contributed by atoms with Crippen LogP contribution in [0.15, 0.2) is 18.2 Å². The summed E-state index contributed by atoms with van der Waals surface area (Å²) >= 11 is 0. The quantitative estimate of drug-likeness (QED) is 0.475. The Morgan fingerprint density at radius 2 is 1.70 bits per heavy atom. The maximum absolute atomic E-state index is 14.2. The van der Waals surface area contributed by atoms with E-state index in [-0.39, 0.29) is 5.75 Å². The van der Waals surface area contributed by atoms with Gasteiger partial charge in [0.1, 0.15) is 0 Å². The Kier molecular flexibility index (Phi) is 8.15. The van der Waals surface area contributed by atoms with Crippen LogP contribution in [0.5, 0.6) is 5.75 Å². The maximum Gasteiger partial charge on any atom is 0.233 e. The fourth-order valence-corrected chi connectivity index (χ4v) is 4.84. The molecule has 3 N–H and O–H groups in total.